The molecule has 2 aromatic rings. The number of fused-ring (bicyclic) bond motifs is 1. The fraction of sp³-hybridized carbons (Fsp3) is 0.316. The lowest BCUT2D eigenvalue weighted by atomic mass is 9.88. The quantitative estimate of drug-likeness (QED) is 0.743. The normalized spacial score (nSPS) is 16.6. The Hall–Kier alpha value is -2.33. The van der Waals surface area contributed by atoms with Crippen molar-refractivity contribution in [2.24, 2.45) is 0 Å². The average molecular weight is 310 g/mol. The third-order valence-electron chi connectivity index (χ3n) is 4.34. The van der Waals surface area contributed by atoms with E-state index in [0.717, 1.165) is 25.8 Å². The smallest absolute Gasteiger partial charge is 0.255 e. The molecule has 0 spiro atoms. The fourth-order valence-corrected chi connectivity index (χ4v) is 3.09. The van der Waals surface area contributed by atoms with Crippen molar-refractivity contribution in [3.63, 3.8) is 0 Å². The lowest BCUT2D eigenvalue weighted by molar-refractivity contribution is 0.0951. The molecular weight excluding hydrogens is 288 g/mol. The molecule has 0 aliphatic heterocycles. The van der Waals surface area contributed by atoms with E-state index in [1.54, 1.807) is 18.2 Å². The molecule has 0 bridgehead atoms. The molecule has 0 aromatic heterocycles. The highest BCUT2D eigenvalue weighted by molar-refractivity contribution is 5.96. The van der Waals surface area contributed by atoms with E-state index in [0.29, 0.717) is 18.2 Å². The Morgan fingerprint density at radius 2 is 1.78 bits per heavy atom. The first-order valence-electron chi connectivity index (χ1n) is 8.10. The summed E-state index contributed by atoms with van der Waals surface area (Å²) in [6.45, 7) is 1.28. The largest absolute Gasteiger partial charge is 0.507 e. The molecule has 1 aliphatic carbocycles. The van der Waals surface area contributed by atoms with Crippen LogP contribution in [-0.4, -0.2) is 30.1 Å². The zero-order valence-corrected chi connectivity index (χ0v) is 13.1. The molecule has 1 aliphatic rings. The van der Waals surface area contributed by atoms with Gasteiger partial charge in [0.2, 0.25) is 0 Å². The van der Waals surface area contributed by atoms with Gasteiger partial charge in [-0.1, -0.05) is 36.4 Å². The highest BCUT2D eigenvalue weighted by Crippen LogP contribution is 2.20. The lowest BCUT2D eigenvalue weighted by Crippen LogP contribution is -2.39. The molecule has 0 unspecified atom stereocenters. The summed E-state index contributed by atoms with van der Waals surface area (Å²) in [5, 5.41) is 16.0. The van der Waals surface area contributed by atoms with Gasteiger partial charge in [0.1, 0.15) is 5.75 Å². The second-order valence-corrected chi connectivity index (χ2v) is 5.94. The van der Waals surface area contributed by atoms with Gasteiger partial charge in [-0.3, -0.25) is 4.79 Å². The predicted octanol–water partition coefficient (Wildman–Crippen LogP) is 2.27. The fourth-order valence-electron chi connectivity index (χ4n) is 3.09. The molecule has 1 atom stereocenters. The Kier molecular flexibility index (Phi) is 4.93. The third-order valence-corrected chi connectivity index (χ3v) is 4.34. The van der Waals surface area contributed by atoms with E-state index in [9.17, 15) is 9.90 Å². The maximum absolute atomic E-state index is 12.0. The van der Waals surface area contributed by atoms with Gasteiger partial charge in [0, 0.05) is 19.1 Å². The SMILES string of the molecule is O=C(NCCN[C@@H]1CCc2ccccc2C1)c1ccccc1O. The average Bonchev–Trinajstić information content (AvgIpc) is 2.59. The van der Waals surface area contributed by atoms with Gasteiger partial charge in [0.25, 0.3) is 5.91 Å². The van der Waals surface area contributed by atoms with Crippen LogP contribution in [0.15, 0.2) is 48.5 Å². The summed E-state index contributed by atoms with van der Waals surface area (Å²) in [4.78, 5) is 12.0. The van der Waals surface area contributed by atoms with Gasteiger partial charge < -0.3 is 15.7 Å². The molecular formula is C19H22N2O2. The van der Waals surface area contributed by atoms with Crippen molar-refractivity contribution in [3.8, 4) is 5.75 Å². The van der Waals surface area contributed by atoms with Crippen LogP contribution in [0.4, 0.5) is 0 Å². The van der Waals surface area contributed by atoms with Gasteiger partial charge in [-0.25, -0.2) is 0 Å². The maximum atomic E-state index is 12.0. The van der Waals surface area contributed by atoms with Crippen molar-refractivity contribution in [2.75, 3.05) is 13.1 Å². The summed E-state index contributed by atoms with van der Waals surface area (Å²) in [6, 6.07) is 15.6. The minimum atomic E-state index is -0.237. The summed E-state index contributed by atoms with van der Waals surface area (Å²) < 4.78 is 0. The van der Waals surface area contributed by atoms with E-state index in [-0.39, 0.29) is 11.7 Å². The zero-order chi connectivity index (χ0) is 16.1. The van der Waals surface area contributed by atoms with Gasteiger partial charge in [0.15, 0.2) is 0 Å². The van der Waals surface area contributed by atoms with Gasteiger partial charge in [-0.15, -0.1) is 0 Å². The zero-order valence-electron chi connectivity index (χ0n) is 13.1. The molecule has 3 N–H and O–H groups in total. The topological polar surface area (TPSA) is 61.4 Å². The van der Waals surface area contributed by atoms with Gasteiger partial charge >= 0.3 is 0 Å². The van der Waals surface area contributed by atoms with E-state index in [1.165, 1.54) is 17.2 Å². The number of benzene rings is 2. The number of para-hydroxylation sites is 1. The van der Waals surface area contributed by atoms with Crippen LogP contribution in [0.1, 0.15) is 27.9 Å². The Balaban J connectivity index is 1.43. The van der Waals surface area contributed by atoms with Crippen molar-refractivity contribution < 1.29 is 9.90 Å². The summed E-state index contributed by atoms with van der Waals surface area (Å²) in [5.41, 5.74) is 3.20. The molecule has 0 radical (unpaired) electrons. The summed E-state index contributed by atoms with van der Waals surface area (Å²) in [6.07, 6.45) is 3.28. The molecule has 2 aromatic carbocycles. The number of carbonyl (C=O) groups excluding carboxylic acids is 1. The van der Waals surface area contributed by atoms with E-state index in [4.69, 9.17) is 0 Å². The number of phenols is 1. The molecule has 23 heavy (non-hydrogen) atoms. The number of nitrogens with one attached hydrogen (secondary N) is 2. The van der Waals surface area contributed by atoms with E-state index < -0.39 is 0 Å². The first kappa shape index (κ1) is 15.6. The number of phenolic OH excluding ortho intramolecular Hbond substituents is 1. The van der Waals surface area contributed by atoms with Crippen LogP contribution in [0, 0.1) is 0 Å². The first-order chi connectivity index (χ1) is 11.2. The maximum Gasteiger partial charge on any atom is 0.255 e. The molecule has 0 fully saturated rings. The minimum Gasteiger partial charge on any atom is -0.507 e. The molecule has 120 valence electrons. The molecule has 3 rings (SSSR count). The Labute approximate surface area is 136 Å². The van der Waals surface area contributed by atoms with Crippen LogP contribution in [0.25, 0.3) is 0 Å². The lowest BCUT2D eigenvalue weighted by Gasteiger charge is -2.25. The Morgan fingerprint density at radius 1 is 1.04 bits per heavy atom. The molecule has 0 heterocycles. The van der Waals surface area contributed by atoms with Crippen molar-refractivity contribution in [2.45, 2.75) is 25.3 Å². The van der Waals surface area contributed by atoms with Crippen LogP contribution < -0.4 is 10.6 Å². The third kappa shape index (κ3) is 3.90. The molecule has 4 nitrogen and oxygen atoms in total. The molecule has 0 saturated heterocycles. The van der Waals surface area contributed by atoms with E-state index in [1.807, 2.05) is 0 Å². The number of rotatable bonds is 5. The molecule has 0 saturated carbocycles. The highest BCUT2D eigenvalue weighted by atomic mass is 16.3. The van der Waals surface area contributed by atoms with Crippen LogP contribution in [0.3, 0.4) is 0 Å². The number of amides is 1. The Bertz CT molecular complexity index is 685. The van der Waals surface area contributed by atoms with Crippen LogP contribution in [0.2, 0.25) is 0 Å². The second-order valence-electron chi connectivity index (χ2n) is 5.94. The van der Waals surface area contributed by atoms with Crippen LogP contribution >= 0.6 is 0 Å². The predicted molar refractivity (Wildman–Crippen MR) is 90.7 cm³/mol. The summed E-state index contributed by atoms with van der Waals surface area (Å²) >= 11 is 0. The van der Waals surface area contributed by atoms with Gasteiger partial charge in [-0.05, 0) is 42.5 Å². The van der Waals surface area contributed by atoms with E-state index in [2.05, 4.69) is 34.9 Å². The van der Waals surface area contributed by atoms with Crippen molar-refractivity contribution >= 4 is 5.91 Å². The van der Waals surface area contributed by atoms with Gasteiger partial charge in [0.05, 0.1) is 5.56 Å². The number of carbonyl (C=O) groups is 1. The standard InChI is InChI=1S/C19H22N2O2/c22-18-8-4-3-7-17(18)19(23)21-12-11-20-16-10-9-14-5-1-2-6-15(14)13-16/h1-8,16,20,22H,9-13H2,(H,21,23)/t16-/m1/s1. The molecule has 4 heteroatoms. The van der Waals surface area contributed by atoms with Crippen molar-refractivity contribution in [1.29, 1.82) is 0 Å². The number of hydrogen-bond donors (Lipinski definition) is 3. The first-order valence-corrected chi connectivity index (χ1v) is 8.10. The monoisotopic (exact) mass is 310 g/mol. The van der Waals surface area contributed by atoms with Crippen LogP contribution in [0.5, 0.6) is 5.75 Å². The number of aromatic hydroxyl groups is 1. The van der Waals surface area contributed by atoms with Crippen LogP contribution in [-0.2, 0) is 12.8 Å². The van der Waals surface area contributed by atoms with Crippen molar-refractivity contribution in [1.82, 2.24) is 10.6 Å². The van der Waals surface area contributed by atoms with Gasteiger partial charge in [-0.2, -0.15) is 0 Å². The minimum absolute atomic E-state index is 0.0156. The highest BCUT2D eigenvalue weighted by Gasteiger charge is 2.17. The summed E-state index contributed by atoms with van der Waals surface area (Å²) in [7, 11) is 0. The summed E-state index contributed by atoms with van der Waals surface area (Å²) in [5.74, 6) is -0.222. The molecule has 1 amide bonds. The second kappa shape index (κ2) is 7.29. The number of hydrogen-bond acceptors (Lipinski definition) is 3. The number of aryl methyl sites for hydroxylation is 1. The van der Waals surface area contributed by atoms with Crippen molar-refractivity contribution in [3.05, 3.63) is 65.2 Å². The van der Waals surface area contributed by atoms with E-state index >= 15 is 0 Å². The Morgan fingerprint density at radius 3 is 2.61 bits per heavy atom.